The van der Waals surface area contributed by atoms with Gasteiger partial charge in [0.05, 0.1) is 0 Å². The molecule has 0 unspecified atom stereocenters. The summed E-state index contributed by atoms with van der Waals surface area (Å²) >= 11 is 3.37. The van der Waals surface area contributed by atoms with Gasteiger partial charge in [-0.05, 0) is 43.7 Å². The Morgan fingerprint density at radius 1 is 1.10 bits per heavy atom. The average Bonchev–Trinajstić information content (AvgIpc) is 2.48. The van der Waals surface area contributed by atoms with Gasteiger partial charge in [-0.2, -0.15) is 0 Å². The minimum atomic E-state index is -0.928. The lowest BCUT2D eigenvalue weighted by atomic mass is 10.1. The smallest absolute Gasteiger partial charge is 0.263 e. The maximum absolute atomic E-state index is 12.3. The number of nitrogens with one attached hydrogen (secondary N) is 1. The Balaban J connectivity index is 1.95. The highest BCUT2D eigenvalue weighted by atomic mass is 79.9. The van der Waals surface area contributed by atoms with E-state index in [2.05, 4.69) is 21.2 Å². The molecule has 0 aliphatic rings. The highest BCUT2D eigenvalue weighted by Crippen LogP contribution is 2.21. The van der Waals surface area contributed by atoms with Crippen molar-refractivity contribution in [2.45, 2.75) is 26.0 Å². The molecule has 0 saturated heterocycles. The third-order valence-electron chi connectivity index (χ3n) is 3.03. The van der Waals surface area contributed by atoms with Crippen LogP contribution in [0.4, 0.5) is 0 Å². The minimum absolute atomic E-state index is 0.144. The number of carbonyl (C=O) groups is 1. The van der Waals surface area contributed by atoms with Crippen LogP contribution in [0.1, 0.15) is 19.4 Å². The number of hydrogen-bond donors (Lipinski definition) is 1. The molecular formula is C17H18BrNO2. The third-order valence-corrected chi connectivity index (χ3v) is 3.56. The molecule has 2 aromatic rings. The monoisotopic (exact) mass is 347 g/mol. The van der Waals surface area contributed by atoms with E-state index in [1.54, 1.807) is 13.8 Å². The summed E-state index contributed by atoms with van der Waals surface area (Å²) in [6.07, 6.45) is 0. The van der Waals surface area contributed by atoms with Crippen molar-refractivity contribution in [3.05, 3.63) is 64.6 Å². The van der Waals surface area contributed by atoms with Crippen molar-refractivity contribution in [1.82, 2.24) is 5.32 Å². The van der Waals surface area contributed by atoms with Gasteiger partial charge in [-0.1, -0.05) is 46.3 Å². The van der Waals surface area contributed by atoms with Crippen LogP contribution in [0, 0.1) is 0 Å². The van der Waals surface area contributed by atoms with E-state index in [1.807, 2.05) is 54.6 Å². The quantitative estimate of drug-likeness (QED) is 0.889. The van der Waals surface area contributed by atoms with Crippen molar-refractivity contribution >= 4 is 21.8 Å². The number of halogens is 1. The average molecular weight is 348 g/mol. The maximum Gasteiger partial charge on any atom is 0.263 e. The van der Waals surface area contributed by atoms with Gasteiger partial charge in [0.1, 0.15) is 5.75 Å². The van der Waals surface area contributed by atoms with Crippen LogP contribution in [0.15, 0.2) is 59.1 Å². The second-order valence-corrected chi connectivity index (χ2v) is 6.15. The van der Waals surface area contributed by atoms with Gasteiger partial charge in [-0.15, -0.1) is 0 Å². The van der Waals surface area contributed by atoms with Crippen LogP contribution in [0.3, 0.4) is 0 Å². The Morgan fingerprint density at radius 2 is 1.71 bits per heavy atom. The molecule has 0 saturated carbocycles. The van der Waals surface area contributed by atoms with Crippen molar-refractivity contribution in [2.75, 3.05) is 0 Å². The molecule has 0 aliphatic carbocycles. The van der Waals surface area contributed by atoms with Gasteiger partial charge >= 0.3 is 0 Å². The predicted molar refractivity (Wildman–Crippen MR) is 87.1 cm³/mol. The van der Waals surface area contributed by atoms with Gasteiger partial charge < -0.3 is 10.1 Å². The summed E-state index contributed by atoms with van der Waals surface area (Å²) in [4.78, 5) is 12.3. The summed E-state index contributed by atoms with van der Waals surface area (Å²) in [6.45, 7) is 4.01. The SMILES string of the molecule is CC(C)(Oc1ccc(Br)cc1)C(=O)NCc1ccccc1. The van der Waals surface area contributed by atoms with E-state index in [4.69, 9.17) is 4.74 Å². The minimum Gasteiger partial charge on any atom is -0.478 e. The summed E-state index contributed by atoms with van der Waals surface area (Å²) in [5.41, 5.74) is 0.132. The molecule has 0 bridgehead atoms. The van der Waals surface area contributed by atoms with Crippen LogP contribution in [-0.4, -0.2) is 11.5 Å². The summed E-state index contributed by atoms with van der Waals surface area (Å²) in [5, 5.41) is 2.90. The molecule has 0 aliphatic heterocycles. The molecule has 3 nitrogen and oxygen atoms in total. The molecular weight excluding hydrogens is 330 g/mol. The number of amides is 1. The molecule has 0 heterocycles. The Hall–Kier alpha value is -1.81. The van der Waals surface area contributed by atoms with Crippen molar-refractivity contribution in [1.29, 1.82) is 0 Å². The molecule has 1 amide bonds. The standard InChI is InChI=1S/C17H18BrNO2/c1-17(2,21-15-10-8-14(18)9-11-15)16(20)19-12-13-6-4-3-5-7-13/h3-11H,12H2,1-2H3,(H,19,20). The molecule has 2 rings (SSSR count). The van der Waals surface area contributed by atoms with E-state index in [0.29, 0.717) is 12.3 Å². The highest BCUT2D eigenvalue weighted by molar-refractivity contribution is 9.10. The van der Waals surface area contributed by atoms with E-state index in [1.165, 1.54) is 0 Å². The van der Waals surface area contributed by atoms with Gasteiger partial charge in [-0.3, -0.25) is 4.79 Å². The Morgan fingerprint density at radius 3 is 2.33 bits per heavy atom. The summed E-state index contributed by atoms with van der Waals surface area (Å²) in [7, 11) is 0. The lowest BCUT2D eigenvalue weighted by molar-refractivity contribution is -0.134. The normalized spacial score (nSPS) is 11.0. The van der Waals surface area contributed by atoms with Crippen molar-refractivity contribution in [3.8, 4) is 5.75 Å². The zero-order valence-electron chi connectivity index (χ0n) is 12.1. The fourth-order valence-corrected chi connectivity index (χ4v) is 2.10. The lowest BCUT2D eigenvalue weighted by Crippen LogP contribution is -2.46. The zero-order chi connectivity index (χ0) is 15.3. The van der Waals surface area contributed by atoms with Crippen LogP contribution < -0.4 is 10.1 Å². The molecule has 0 aromatic heterocycles. The lowest BCUT2D eigenvalue weighted by Gasteiger charge is -2.25. The first-order valence-electron chi connectivity index (χ1n) is 6.74. The van der Waals surface area contributed by atoms with Crippen molar-refractivity contribution in [2.24, 2.45) is 0 Å². The largest absolute Gasteiger partial charge is 0.478 e. The van der Waals surface area contributed by atoms with E-state index in [0.717, 1.165) is 10.0 Å². The molecule has 0 fully saturated rings. The second kappa shape index (κ2) is 6.76. The number of ether oxygens (including phenoxy) is 1. The van der Waals surface area contributed by atoms with Gasteiger partial charge in [0.25, 0.3) is 5.91 Å². The summed E-state index contributed by atoms with van der Waals surface area (Å²) < 4.78 is 6.75. The van der Waals surface area contributed by atoms with Gasteiger partial charge in [0.2, 0.25) is 0 Å². The first-order chi connectivity index (χ1) is 9.97. The molecule has 0 spiro atoms. The van der Waals surface area contributed by atoms with E-state index in [9.17, 15) is 4.79 Å². The summed E-state index contributed by atoms with van der Waals surface area (Å²) in [6, 6.07) is 17.2. The number of hydrogen-bond acceptors (Lipinski definition) is 2. The van der Waals surface area contributed by atoms with Gasteiger partial charge in [-0.25, -0.2) is 0 Å². The van der Waals surface area contributed by atoms with Crippen LogP contribution in [0.5, 0.6) is 5.75 Å². The molecule has 110 valence electrons. The molecule has 0 atom stereocenters. The number of benzene rings is 2. The number of rotatable bonds is 5. The Labute approximate surface area is 133 Å². The second-order valence-electron chi connectivity index (χ2n) is 5.23. The Bertz CT molecular complexity index is 594. The molecule has 2 aromatic carbocycles. The van der Waals surface area contributed by atoms with E-state index in [-0.39, 0.29) is 5.91 Å². The maximum atomic E-state index is 12.3. The number of carbonyl (C=O) groups excluding carboxylic acids is 1. The predicted octanol–water partition coefficient (Wildman–Crippen LogP) is 3.92. The summed E-state index contributed by atoms with van der Waals surface area (Å²) in [5.74, 6) is 0.521. The van der Waals surface area contributed by atoms with E-state index < -0.39 is 5.60 Å². The van der Waals surface area contributed by atoms with Crippen LogP contribution in [-0.2, 0) is 11.3 Å². The third kappa shape index (κ3) is 4.60. The molecule has 4 heteroatoms. The van der Waals surface area contributed by atoms with Crippen molar-refractivity contribution < 1.29 is 9.53 Å². The van der Waals surface area contributed by atoms with Crippen LogP contribution in [0.2, 0.25) is 0 Å². The first kappa shape index (κ1) is 15.6. The first-order valence-corrected chi connectivity index (χ1v) is 7.53. The van der Waals surface area contributed by atoms with Gasteiger partial charge in [0, 0.05) is 11.0 Å². The van der Waals surface area contributed by atoms with Crippen molar-refractivity contribution in [3.63, 3.8) is 0 Å². The zero-order valence-corrected chi connectivity index (χ0v) is 13.7. The topological polar surface area (TPSA) is 38.3 Å². The van der Waals surface area contributed by atoms with E-state index >= 15 is 0 Å². The van der Waals surface area contributed by atoms with Gasteiger partial charge in [0.15, 0.2) is 5.60 Å². The fraction of sp³-hybridized carbons (Fsp3) is 0.235. The highest BCUT2D eigenvalue weighted by Gasteiger charge is 2.29. The van der Waals surface area contributed by atoms with Crippen LogP contribution >= 0.6 is 15.9 Å². The van der Waals surface area contributed by atoms with Crippen LogP contribution in [0.25, 0.3) is 0 Å². The Kier molecular flexibility index (Phi) is 5.02. The molecule has 1 N–H and O–H groups in total. The molecule has 0 radical (unpaired) electrons. The fourth-order valence-electron chi connectivity index (χ4n) is 1.83. The molecule has 21 heavy (non-hydrogen) atoms.